The summed E-state index contributed by atoms with van der Waals surface area (Å²) in [5.74, 6) is 0. The van der Waals surface area contributed by atoms with Crippen molar-refractivity contribution in [1.82, 2.24) is 0 Å². The van der Waals surface area contributed by atoms with E-state index in [1.807, 2.05) is 0 Å². The molecule has 1 rings (SSSR count). The van der Waals surface area contributed by atoms with Crippen LogP contribution in [-0.4, -0.2) is 23.4 Å². The van der Waals surface area contributed by atoms with Crippen molar-refractivity contribution in [1.29, 1.82) is 0 Å². The van der Waals surface area contributed by atoms with Gasteiger partial charge in [0.25, 0.3) is 0 Å². The normalized spacial score (nSPS) is 19.5. The van der Waals surface area contributed by atoms with Crippen LogP contribution in [0.1, 0.15) is 26.7 Å². The molecule has 1 aliphatic heterocycles. The number of hydrogen-bond donors (Lipinski definition) is 0. The first-order chi connectivity index (χ1) is 3.80. The average Bonchev–Trinajstić information content (AvgIpc) is 2.12. The first-order valence-electron chi connectivity index (χ1n) is 3.36. The van der Waals surface area contributed by atoms with Crippen molar-refractivity contribution in [2.45, 2.75) is 26.7 Å². The van der Waals surface area contributed by atoms with Gasteiger partial charge >= 0.3 is 0 Å². The predicted molar refractivity (Wildman–Crippen MR) is 35.6 cm³/mol. The highest BCUT2D eigenvalue weighted by atomic mass is 15.0. The van der Waals surface area contributed by atoms with E-state index in [0.29, 0.717) is 0 Å². The van der Waals surface area contributed by atoms with E-state index in [0.717, 1.165) is 0 Å². The fraction of sp³-hybridized carbons (Fsp3) is 0.857. The lowest BCUT2D eigenvalue weighted by molar-refractivity contribution is -0.506. The third-order valence-electron chi connectivity index (χ3n) is 1.74. The molecule has 0 aromatic carbocycles. The highest BCUT2D eigenvalue weighted by Crippen LogP contribution is 2.01. The zero-order chi connectivity index (χ0) is 5.98. The molecule has 1 heteroatoms. The molecule has 1 heterocycles. The Labute approximate surface area is 51.0 Å². The lowest BCUT2D eigenvalue weighted by Gasteiger charge is -1.90. The third kappa shape index (κ3) is 1.09. The Morgan fingerprint density at radius 1 is 1.12 bits per heavy atom. The van der Waals surface area contributed by atoms with Crippen LogP contribution in [0.2, 0.25) is 0 Å². The molecule has 0 atom stereocenters. The zero-order valence-electron chi connectivity index (χ0n) is 5.78. The molecule has 0 amide bonds. The maximum Gasteiger partial charge on any atom is 0.146 e. The highest BCUT2D eigenvalue weighted by molar-refractivity contribution is 5.73. The molecule has 0 aromatic rings. The van der Waals surface area contributed by atoms with Gasteiger partial charge in [-0.2, -0.15) is 0 Å². The summed E-state index contributed by atoms with van der Waals surface area (Å²) in [4.78, 5) is 0. The van der Waals surface area contributed by atoms with Crippen molar-refractivity contribution in [3.8, 4) is 0 Å². The van der Waals surface area contributed by atoms with Gasteiger partial charge in [0.1, 0.15) is 18.8 Å². The molecule has 8 heavy (non-hydrogen) atoms. The molecule has 0 radical (unpaired) electrons. The first-order valence-corrected chi connectivity index (χ1v) is 3.36. The van der Waals surface area contributed by atoms with Gasteiger partial charge in [-0.25, -0.2) is 4.58 Å². The molecule has 0 saturated carbocycles. The summed E-state index contributed by atoms with van der Waals surface area (Å²) >= 11 is 0. The van der Waals surface area contributed by atoms with Crippen molar-refractivity contribution in [2.24, 2.45) is 0 Å². The molecule has 0 unspecified atom stereocenters. The molecule has 1 fully saturated rings. The standard InChI is InChI=1S/C7H14N/c1-7(2)8-5-3-4-6-8/h3-6H2,1-2H3/q+1. The van der Waals surface area contributed by atoms with Gasteiger partial charge in [0.05, 0.1) is 0 Å². The minimum absolute atomic E-state index is 1.29. The Hall–Kier alpha value is -0.330. The molecular weight excluding hydrogens is 98.1 g/mol. The van der Waals surface area contributed by atoms with Gasteiger partial charge in [0.2, 0.25) is 0 Å². The van der Waals surface area contributed by atoms with Gasteiger partial charge in [-0.05, 0) is 0 Å². The molecule has 0 N–H and O–H groups in total. The van der Waals surface area contributed by atoms with E-state index in [4.69, 9.17) is 0 Å². The Morgan fingerprint density at radius 2 is 1.62 bits per heavy atom. The van der Waals surface area contributed by atoms with Crippen molar-refractivity contribution >= 4 is 5.71 Å². The van der Waals surface area contributed by atoms with Crippen LogP contribution < -0.4 is 0 Å². The summed E-state index contributed by atoms with van der Waals surface area (Å²) in [5, 5.41) is 0. The summed E-state index contributed by atoms with van der Waals surface area (Å²) in [7, 11) is 0. The fourth-order valence-corrected chi connectivity index (χ4v) is 1.16. The highest BCUT2D eigenvalue weighted by Gasteiger charge is 2.12. The summed E-state index contributed by atoms with van der Waals surface area (Å²) in [6, 6.07) is 0. The molecule has 1 aliphatic rings. The lowest BCUT2D eigenvalue weighted by Crippen LogP contribution is -2.11. The van der Waals surface area contributed by atoms with Gasteiger partial charge in [-0.15, -0.1) is 0 Å². The number of rotatable bonds is 0. The molecule has 0 aromatic heterocycles. The maximum absolute atomic E-state index is 2.44. The SMILES string of the molecule is CC(C)=[N+]1CCCC1. The second kappa shape index (κ2) is 2.29. The van der Waals surface area contributed by atoms with Crippen LogP contribution in [0.3, 0.4) is 0 Å². The van der Waals surface area contributed by atoms with E-state index in [1.54, 1.807) is 0 Å². The summed E-state index contributed by atoms with van der Waals surface area (Å²) in [5.41, 5.74) is 1.47. The fourth-order valence-electron chi connectivity index (χ4n) is 1.16. The van der Waals surface area contributed by atoms with Crippen molar-refractivity contribution in [3.63, 3.8) is 0 Å². The monoisotopic (exact) mass is 112 g/mol. The van der Waals surface area contributed by atoms with Crippen LogP contribution in [-0.2, 0) is 0 Å². The molecule has 0 spiro atoms. The quantitative estimate of drug-likeness (QED) is 0.415. The Morgan fingerprint density at radius 3 is 1.88 bits per heavy atom. The van der Waals surface area contributed by atoms with E-state index in [-0.39, 0.29) is 0 Å². The van der Waals surface area contributed by atoms with Gasteiger partial charge in [-0.3, -0.25) is 0 Å². The molecule has 1 nitrogen and oxygen atoms in total. The molecular formula is C7H14N+. The predicted octanol–water partition coefficient (Wildman–Crippen LogP) is 1.27. The lowest BCUT2D eigenvalue weighted by atomic mass is 10.4. The van der Waals surface area contributed by atoms with E-state index in [1.165, 1.54) is 31.6 Å². The first kappa shape index (κ1) is 5.80. The van der Waals surface area contributed by atoms with Crippen LogP contribution in [0.15, 0.2) is 0 Å². The number of hydrogen-bond acceptors (Lipinski definition) is 0. The maximum atomic E-state index is 2.44. The van der Waals surface area contributed by atoms with Crippen molar-refractivity contribution in [2.75, 3.05) is 13.1 Å². The van der Waals surface area contributed by atoms with Crippen LogP contribution in [0.5, 0.6) is 0 Å². The Bertz CT molecular complexity index is 102. The summed E-state index contributed by atoms with van der Waals surface area (Å²) in [6.45, 7) is 6.96. The van der Waals surface area contributed by atoms with Crippen LogP contribution in [0, 0.1) is 0 Å². The second-order valence-electron chi connectivity index (χ2n) is 2.64. The van der Waals surface area contributed by atoms with E-state index < -0.39 is 0 Å². The minimum atomic E-state index is 1.29. The van der Waals surface area contributed by atoms with E-state index in [2.05, 4.69) is 18.4 Å². The third-order valence-corrected chi connectivity index (χ3v) is 1.74. The van der Waals surface area contributed by atoms with Crippen molar-refractivity contribution in [3.05, 3.63) is 0 Å². The Kier molecular flexibility index (Phi) is 1.66. The van der Waals surface area contributed by atoms with Crippen LogP contribution >= 0.6 is 0 Å². The van der Waals surface area contributed by atoms with Gasteiger partial charge in [0.15, 0.2) is 0 Å². The topological polar surface area (TPSA) is 3.01 Å². The average molecular weight is 112 g/mol. The van der Waals surface area contributed by atoms with Crippen LogP contribution in [0.25, 0.3) is 0 Å². The summed E-state index contributed by atoms with van der Waals surface area (Å²) in [6.07, 6.45) is 2.79. The van der Waals surface area contributed by atoms with Gasteiger partial charge < -0.3 is 0 Å². The van der Waals surface area contributed by atoms with Crippen LogP contribution in [0.4, 0.5) is 0 Å². The minimum Gasteiger partial charge on any atom is -0.238 e. The largest absolute Gasteiger partial charge is 0.238 e. The van der Waals surface area contributed by atoms with E-state index in [9.17, 15) is 0 Å². The molecule has 0 bridgehead atoms. The molecule has 46 valence electrons. The molecule has 1 saturated heterocycles. The van der Waals surface area contributed by atoms with Gasteiger partial charge in [-0.1, -0.05) is 0 Å². The summed E-state index contributed by atoms with van der Waals surface area (Å²) < 4.78 is 2.44. The van der Waals surface area contributed by atoms with Crippen molar-refractivity contribution < 1.29 is 4.58 Å². The Balaban J connectivity index is 2.58. The second-order valence-corrected chi connectivity index (χ2v) is 2.64. The zero-order valence-corrected chi connectivity index (χ0v) is 5.78. The number of nitrogens with zero attached hydrogens (tertiary/aromatic N) is 1. The molecule has 0 aliphatic carbocycles. The van der Waals surface area contributed by atoms with E-state index >= 15 is 0 Å². The van der Waals surface area contributed by atoms with Gasteiger partial charge in [0, 0.05) is 26.7 Å². The smallest absolute Gasteiger partial charge is 0.146 e.